The summed E-state index contributed by atoms with van der Waals surface area (Å²) in [6, 6.07) is 8.89. The van der Waals surface area contributed by atoms with Gasteiger partial charge in [-0.05, 0) is 53.3 Å². The lowest BCUT2D eigenvalue weighted by atomic mass is 10.1. The van der Waals surface area contributed by atoms with Gasteiger partial charge in [0.1, 0.15) is 17.1 Å². The lowest BCUT2D eigenvalue weighted by Gasteiger charge is -2.11. The lowest BCUT2D eigenvalue weighted by molar-refractivity contribution is -0.385. The largest absolute Gasteiger partial charge is 0.478 e. The first-order valence-electron chi connectivity index (χ1n) is 5.84. The van der Waals surface area contributed by atoms with Crippen LogP contribution in [0.4, 0.5) is 5.69 Å². The normalized spacial score (nSPS) is 10.2. The number of carboxylic acids is 1. The van der Waals surface area contributed by atoms with Crippen molar-refractivity contribution >= 4 is 34.2 Å². The molecule has 2 aromatic rings. The molecule has 0 aromatic heterocycles. The maximum atomic E-state index is 11.2. The van der Waals surface area contributed by atoms with Crippen LogP contribution in [-0.4, -0.2) is 16.0 Å². The van der Waals surface area contributed by atoms with Gasteiger partial charge in [-0.25, -0.2) is 4.79 Å². The minimum atomic E-state index is -1.10. The summed E-state index contributed by atoms with van der Waals surface area (Å²) in [6.07, 6.45) is 0. The molecular weight excluding hydrogens is 389 g/mol. The maximum absolute atomic E-state index is 11.2. The second-order valence-electron chi connectivity index (χ2n) is 4.28. The van der Waals surface area contributed by atoms with E-state index in [0.29, 0.717) is 9.32 Å². The van der Waals surface area contributed by atoms with Crippen LogP contribution in [0.15, 0.2) is 36.4 Å². The summed E-state index contributed by atoms with van der Waals surface area (Å²) >= 11 is 1.91. The van der Waals surface area contributed by atoms with Gasteiger partial charge in [0.15, 0.2) is 0 Å². The van der Waals surface area contributed by atoms with Crippen LogP contribution in [0.25, 0.3) is 0 Å². The molecule has 0 saturated carbocycles. The highest BCUT2D eigenvalue weighted by Gasteiger charge is 2.15. The van der Waals surface area contributed by atoms with Crippen LogP contribution in [0.2, 0.25) is 0 Å². The third-order valence-corrected chi connectivity index (χ3v) is 3.56. The third-order valence-electron chi connectivity index (χ3n) is 2.71. The Kier molecular flexibility index (Phi) is 4.41. The number of aryl methyl sites for hydroxylation is 1. The van der Waals surface area contributed by atoms with Crippen molar-refractivity contribution in [2.45, 2.75) is 6.92 Å². The van der Waals surface area contributed by atoms with Gasteiger partial charge >= 0.3 is 5.97 Å². The van der Waals surface area contributed by atoms with Crippen molar-refractivity contribution < 1.29 is 19.6 Å². The summed E-state index contributed by atoms with van der Waals surface area (Å²) in [6.45, 7) is 1.82. The molecule has 21 heavy (non-hydrogen) atoms. The van der Waals surface area contributed by atoms with E-state index >= 15 is 0 Å². The first-order chi connectivity index (χ1) is 9.88. The monoisotopic (exact) mass is 399 g/mol. The molecule has 0 radical (unpaired) electrons. The summed E-state index contributed by atoms with van der Waals surface area (Å²) in [4.78, 5) is 21.4. The van der Waals surface area contributed by atoms with E-state index < -0.39 is 10.9 Å². The van der Waals surface area contributed by atoms with Gasteiger partial charge in [-0.2, -0.15) is 0 Å². The molecule has 0 aliphatic carbocycles. The van der Waals surface area contributed by atoms with Gasteiger partial charge in [-0.15, -0.1) is 0 Å². The molecular formula is C14H10INO5. The molecule has 0 spiro atoms. The Balaban J connectivity index is 2.40. The zero-order valence-electron chi connectivity index (χ0n) is 10.9. The number of benzene rings is 2. The summed E-state index contributed by atoms with van der Waals surface area (Å²) in [5.41, 5.74) is 0.844. The summed E-state index contributed by atoms with van der Waals surface area (Å²) in [5.74, 6) is -0.523. The molecule has 2 aromatic carbocycles. The van der Waals surface area contributed by atoms with Gasteiger partial charge in [-0.1, -0.05) is 6.07 Å². The summed E-state index contributed by atoms with van der Waals surface area (Å²) in [7, 11) is 0. The fourth-order valence-electron chi connectivity index (χ4n) is 1.70. The molecule has 0 aliphatic heterocycles. The number of hydrogen-bond donors (Lipinski definition) is 1. The highest BCUT2D eigenvalue weighted by atomic mass is 127. The average molecular weight is 399 g/mol. The number of hydrogen-bond acceptors (Lipinski definition) is 4. The van der Waals surface area contributed by atoms with Gasteiger partial charge in [0.05, 0.1) is 8.49 Å². The Bertz CT molecular complexity index is 729. The van der Waals surface area contributed by atoms with Crippen molar-refractivity contribution in [3.05, 3.63) is 61.2 Å². The number of halogens is 1. The molecule has 0 saturated heterocycles. The van der Waals surface area contributed by atoms with Gasteiger partial charge in [0, 0.05) is 12.1 Å². The predicted octanol–water partition coefficient (Wildman–Crippen LogP) is 4.00. The second-order valence-corrected chi connectivity index (χ2v) is 5.44. The number of ether oxygens (including phenoxy) is 1. The maximum Gasteiger partial charge on any atom is 0.339 e. The molecule has 0 bridgehead atoms. The third kappa shape index (κ3) is 3.48. The van der Waals surface area contributed by atoms with Crippen LogP contribution in [0.5, 0.6) is 11.5 Å². The molecule has 0 amide bonds. The number of nitro benzene ring substituents is 1. The van der Waals surface area contributed by atoms with E-state index in [4.69, 9.17) is 9.84 Å². The highest BCUT2D eigenvalue weighted by molar-refractivity contribution is 14.1. The Morgan fingerprint density at radius 2 is 1.95 bits per heavy atom. The topological polar surface area (TPSA) is 89.7 Å². The second kappa shape index (κ2) is 6.08. The molecule has 2 rings (SSSR count). The Morgan fingerprint density at radius 1 is 1.24 bits per heavy atom. The van der Waals surface area contributed by atoms with Gasteiger partial charge in [0.2, 0.25) is 0 Å². The lowest BCUT2D eigenvalue weighted by Crippen LogP contribution is -2.01. The molecule has 0 atom stereocenters. The number of nitrogens with zero attached hydrogens (tertiary/aromatic N) is 1. The smallest absolute Gasteiger partial charge is 0.339 e. The molecule has 0 fully saturated rings. The van der Waals surface area contributed by atoms with Crippen molar-refractivity contribution in [1.29, 1.82) is 0 Å². The van der Waals surface area contributed by atoms with E-state index in [9.17, 15) is 14.9 Å². The van der Waals surface area contributed by atoms with Crippen LogP contribution in [0.3, 0.4) is 0 Å². The van der Waals surface area contributed by atoms with Crippen molar-refractivity contribution in [3.8, 4) is 11.5 Å². The first-order valence-corrected chi connectivity index (χ1v) is 6.92. The molecule has 0 unspecified atom stereocenters. The van der Waals surface area contributed by atoms with Gasteiger partial charge < -0.3 is 9.84 Å². The fraction of sp³-hybridized carbons (Fsp3) is 0.0714. The van der Waals surface area contributed by atoms with E-state index in [1.807, 2.05) is 29.5 Å². The zero-order chi connectivity index (χ0) is 15.6. The zero-order valence-corrected chi connectivity index (χ0v) is 13.0. The Labute approximate surface area is 133 Å². The number of carboxylic acid groups (broad SMARTS) is 1. The van der Waals surface area contributed by atoms with Crippen molar-refractivity contribution in [2.75, 3.05) is 0 Å². The van der Waals surface area contributed by atoms with E-state index in [0.717, 1.165) is 5.56 Å². The first kappa shape index (κ1) is 15.2. The summed E-state index contributed by atoms with van der Waals surface area (Å²) in [5, 5.41) is 19.8. The van der Waals surface area contributed by atoms with Crippen molar-refractivity contribution in [3.63, 3.8) is 0 Å². The van der Waals surface area contributed by atoms with Crippen LogP contribution < -0.4 is 4.74 Å². The number of rotatable bonds is 4. The number of aromatic carboxylic acids is 1. The molecule has 1 N–H and O–H groups in total. The van der Waals surface area contributed by atoms with Crippen LogP contribution in [-0.2, 0) is 0 Å². The number of non-ortho nitro benzene ring substituents is 1. The standard InChI is InChI=1S/C14H10INO5/c1-8-2-4-10(14(17)18)13(6-8)21-12-5-3-9(16(19)20)7-11(12)15/h2-7H,1H3,(H,17,18). The average Bonchev–Trinajstić information content (AvgIpc) is 2.40. The van der Waals surface area contributed by atoms with E-state index in [1.54, 1.807) is 12.1 Å². The van der Waals surface area contributed by atoms with E-state index in [2.05, 4.69) is 0 Å². The Hall–Kier alpha value is -2.16. The van der Waals surface area contributed by atoms with Gasteiger partial charge in [-0.3, -0.25) is 10.1 Å². The molecule has 0 aliphatic rings. The SMILES string of the molecule is Cc1ccc(C(=O)O)c(Oc2ccc([N+](=O)[O-])cc2I)c1. The van der Waals surface area contributed by atoms with Gasteiger partial charge in [0.25, 0.3) is 5.69 Å². The van der Waals surface area contributed by atoms with E-state index in [-0.39, 0.29) is 17.0 Å². The molecule has 6 nitrogen and oxygen atoms in total. The van der Waals surface area contributed by atoms with Crippen LogP contribution in [0.1, 0.15) is 15.9 Å². The predicted molar refractivity (Wildman–Crippen MR) is 84.0 cm³/mol. The van der Waals surface area contributed by atoms with E-state index in [1.165, 1.54) is 24.3 Å². The highest BCUT2D eigenvalue weighted by Crippen LogP contribution is 2.32. The van der Waals surface area contributed by atoms with Crippen molar-refractivity contribution in [2.24, 2.45) is 0 Å². The Morgan fingerprint density at radius 3 is 2.52 bits per heavy atom. The number of nitro groups is 1. The minimum Gasteiger partial charge on any atom is -0.478 e. The van der Waals surface area contributed by atoms with Crippen molar-refractivity contribution in [1.82, 2.24) is 0 Å². The van der Waals surface area contributed by atoms with Crippen LogP contribution >= 0.6 is 22.6 Å². The summed E-state index contributed by atoms with van der Waals surface area (Å²) < 4.78 is 6.13. The molecule has 108 valence electrons. The van der Waals surface area contributed by atoms with Crippen LogP contribution in [0, 0.1) is 20.6 Å². The molecule has 0 heterocycles. The quantitative estimate of drug-likeness (QED) is 0.477. The fourth-order valence-corrected chi connectivity index (χ4v) is 2.30. The molecule has 7 heteroatoms. The minimum absolute atomic E-state index is 0.0368. The number of carbonyl (C=O) groups is 1.